The van der Waals surface area contributed by atoms with Crippen molar-refractivity contribution in [3.05, 3.63) is 11.8 Å². The minimum atomic E-state index is -4.08. The number of anilines is 1. The van der Waals surface area contributed by atoms with Gasteiger partial charge >= 0.3 is 0 Å². The van der Waals surface area contributed by atoms with E-state index in [2.05, 4.69) is 10.2 Å². The summed E-state index contributed by atoms with van der Waals surface area (Å²) in [7, 11) is -7.77. The first-order chi connectivity index (χ1) is 7.61. The van der Waals surface area contributed by atoms with Crippen LogP contribution < -0.4 is 10.5 Å². The lowest BCUT2D eigenvalue weighted by Crippen LogP contribution is -2.24. The summed E-state index contributed by atoms with van der Waals surface area (Å²) in [5.74, 6) is -0.531. The Morgan fingerprint density at radius 1 is 1.53 bits per heavy atom. The molecule has 0 aliphatic rings. The molecule has 5 N–H and O–H groups in total. The van der Waals surface area contributed by atoms with E-state index in [9.17, 15) is 16.8 Å². The predicted molar refractivity (Wildman–Crippen MR) is 61.9 cm³/mol. The van der Waals surface area contributed by atoms with Gasteiger partial charge in [0.1, 0.15) is 11.7 Å². The van der Waals surface area contributed by atoms with Crippen molar-refractivity contribution in [3.63, 3.8) is 0 Å². The fourth-order valence-electron chi connectivity index (χ4n) is 1.03. The van der Waals surface area contributed by atoms with Crippen LogP contribution in [-0.2, 0) is 19.9 Å². The summed E-state index contributed by atoms with van der Waals surface area (Å²) in [6.45, 7) is 0. The summed E-state index contributed by atoms with van der Waals surface area (Å²) in [5.41, 5.74) is 5.22. The number of nitrogen functional groups attached to an aromatic ring is 1. The van der Waals surface area contributed by atoms with Crippen molar-refractivity contribution in [3.8, 4) is 0 Å². The molecule has 0 saturated carbocycles. The number of hydrogen-bond donors (Lipinski definition) is 4. The molecule has 11 heteroatoms. The molecule has 0 aliphatic heterocycles. The molecule has 0 spiro atoms. The molecule has 1 aromatic rings. The maximum Gasteiger partial charge on any atom is 0.248 e. The van der Waals surface area contributed by atoms with E-state index in [1.165, 1.54) is 0 Å². The normalized spacial score (nSPS) is 12.3. The van der Waals surface area contributed by atoms with Crippen LogP contribution in [0.5, 0.6) is 0 Å². The van der Waals surface area contributed by atoms with Crippen LogP contribution in [-0.4, -0.2) is 44.2 Å². The van der Waals surface area contributed by atoms with E-state index in [0.29, 0.717) is 0 Å². The van der Waals surface area contributed by atoms with E-state index in [0.717, 1.165) is 12.5 Å². The number of amidine groups is 1. The lowest BCUT2D eigenvalue weighted by Gasteiger charge is -2.06. The maximum atomic E-state index is 11.4. The molecular formula is C6H11N5O4S2. The number of nitrogens with zero attached hydrogens (tertiary/aromatic N) is 1. The smallest absolute Gasteiger partial charge is 0.248 e. The van der Waals surface area contributed by atoms with Crippen molar-refractivity contribution in [1.29, 1.82) is 5.41 Å². The Labute approximate surface area is 97.9 Å². The molecule has 0 atom stereocenters. The van der Waals surface area contributed by atoms with Crippen LogP contribution in [0.1, 0.15) is 5.56 Å². The van der Waals surface area contributed by atoms with Crippen LogP contribution in [0.15, 0.2) is 6.20 Å². The van der Waals surface area contributed by atoms with Crippen LogP contribution in [0.4, 0.5) is 5.82 Å². The molecule has 0 radical (unpaired) electrons. The fraction of sp³-hybridized carbons (Fsp3) is 0.333. The summed E-state index contributed by atoms with van der Waals surface area (Å²) < 4.78 is 46.6. The van der Waals surface area contributed by atoms with E-state index in [-0.39, 0.29) is 11.4 Å². The van der Waals surface area contributed by atoms with Gasteiger partial charge in [0.25, 0.3) is 0 Å². The Morgan fingerprint density at radius 2 is 2.12 bits per heavy atom. The average Bonchev–Trinajstić information content (AvgIpc) is 2.45. The van der Waals surface area contributed by atoms with Crippen LogP contribution in [0.25, 0.3) is 0 Å². The molecule has 0 bridgehead atoms. The third-order valence-corrected chi connectivity index (χ3v) is 5.03. The number of sulfone groups is 1. The average molecular weight is 281 g/mol. The summed E-state index contributed by atoms with van der Waals surface area (Å²) >= 11 is 0. The summed E-state index contributed by atoms with van der Waals surface area (Å²) in [6.07, 6.45) is 1.95. The van der Waals surface area contributed by atoms with Crippen molar-refractivity contribution < 1.29 is 16.8 Å². The highest BCUT2D eigenvalue weighted by molar-refractivity contribution is 8.08. The van der Waals surface area contributed by atoms with Gasteiger partial charge in [-0.25, -0.2) is 16.8 Å². The maximum absolute atomic E-state index is 11.4. The number of hydrogen-bond acceptors (Lipinski definition) is 6. The number of H-pyrrole nitrogens is 1. The zero-order valence-corrected chi connectivity index (χ0v) is 10.4. The lowest BCUT2D eigenvalue weighted by molar-refractivity contribution is 0.594. The predicted octanol–water partition coefficient (Wildman–Crippen LogP) is -1.56. The van der Waals surface area contributed by atoms with Gasteiger partial charge in [0.15, 0.2) is 14.9 Å². The Balaban J connectivity index is 2.99. The van der Waals surface area contributed by atoms with Crippen molar-refractivity contribution >= 4 is 31.5 Å². The van der Waals surface area contributed by atoms with Crippen LogP contribution in [0.2, 0.25) is 0 Å². The Hall–Kier alpha value is -1.62. The number of nitrogens with one attached hydrogen (secondary N) is 3. The molecule has 96 valence electrons. The molecule has 0 aromatic carbocycles. The molecule has 1 heterocycles. The molecule has 1 rings (SSSR count). The third-order valence-electron chi connectivity index (χ3n) is 1.56. The Bertz CT molecular complexity index is 629. The van der Waals surface area contributed by atoms with Gasteiger partial charge in [-0.1, -0.05) is 0 Å². The van der Waals surface area contributed by atoms with Gasteiger partial charge < -0.3 is 5.73 Å². The SMILES string of the molecule is CS(=O)(=O)CS(=O)(=O)Nc1[nH]ncc1C(=N)N. The monoisotopic (exact) mass is 281 g/mol. The topological polar surface area (TPSA) is 159 Å². The Morgan fingerprint density at radius 3 is 2.59 bits per heavy atom. The summed E-state index contributed by atoms with van der Waals surface area (Å²) in [6, 6.07) is 0. The number of sulfonamides is 1. The van der Waals surface area contributed by atoms with Crippen molar-refractivity contribution in [2.75, 3.05) is 16.1 Å². The first kappa shape index (κ1) is 13.4. The first-order valence-electron chi connectivity index (χ1n) is 4.17. The van der Waals surface area contributed by atoms with Crippen LogP contribution in [0.3, 0.4) is 0 Å². The highest BCUT2D eigenvalue weighted by Crippen LogP contribution is 2.12. The van der Waals surface area contributed by atoms with Gasteiger partial charge in [-0.2, -0.15) is 5.10 Å². The van der Waals surface area contributed by atoms with Crippen molar-refractivity contribution in [2.24, 2.45) is 5.73 Å². The first-order valence-corrected chi connectivity index (χ1v) is 7.88. The standard InChI is InChI=1S/C6H11N5O4S2/c1-16(12,13)3-17(14,15)11-6-4(5(7)8)2-9-10-6/h2H,3H2,1H3,(H3,7,8)(H2,9,10,11). The van der Waals surface area contributed by atoms with Gasteiger partial charge in [-0.3, -0.25) is 15.2 Å². The van der Waals surface area contributed by atoms with Crippen molar-refractivity contribution in [2.45, 2.75) is 0 Å². The lowest BCUT2D eigenvalue weighted by atomic mass is 10.3. The van der Waals surface area contributed by atoms with E-state index >= 15 is 0 Å². The van der Waals surface area contributed by atoms with Gasteiger partial charge in [0.05, 0.1) is 11.8 Å². The fourth-order valence-corrected chi connectivity index (χ4v) is 3.99. The van der Waals surface area contributed by atoms with Gasteiger partial charge in [-0.05, 0) is 0 Å². The minimum Gasteiger partial charge on any atom is -0.384 e. The zero-order chi connectivity index (χ0) is 13.3. The van der Waals surface area contributed by atoms with Crippen LogP contribution >= 0.6 is 0 Å². The summed E-state index contributed by atoms with van der Waals surface area (Å²) in [4.78, 5) is 0. The quantitative estimate of drug-likeness (QED) is 0.377. The highest BCUT2D eigenvalue weighted by Gasteiger charge is 2.20. The molecule has 0 aliphatic carbocycles. The zero-order valence-electron chi connectivity index (χ0n) is 8.76. The molecule has 17 heavy (non-hydrogen) atoms. The number of aromatic amines is 1. The number of aromatic nitrogens is 2. The minimum absolute atomic E-state index is 0.0436. The second-order valence-electron chi connectivity index (χ2n) is 3.33. The van der Waals surface area contributed by atoms with Crippen molar-refractivity contribution in [1.82, 2.24) is 10.2 Å². The molecule has 0 unspecified atom stereocenters. The molecule has 0 amide bonds. The third kappa shape index (κ3) is 4.03. The second-order valence-corrected chi connectivity index (χ2v) is 7.56. The second kappa shape index (κ2) is 4.33. The van der Waals surface area contributed by atoms with Gasteiger partial charge in [-0.15, -0.1) is 0 Å². The highest BCUT2D eigenvalue weighted by atomic mass is 32.3. The molecule has 0 saturated heterocycles. The van der Waals surface area contributed by atoms with E-state index in [1.807, 2.05) is 4.72 Å². The van der Waals surface area contributed by atoms with Crippen LogP contribution in [0, 0.1) is 5.41 Å². The number of nitrogens with two attached hydrogens (primary N) is 1. The van der Waals surface area contributed by atoms with Gasteiger partial charge in [0.2, 0.25) is 10.0 Å². The Kier molecular flexibility index (Phi) is 3.43. The van der Waals surface area contributed by atoms with Gasteiger partial charge in [0, 0.05) is 6.26 Å². The van der Waals surface area contributed by atoms with E-state index < -0.39 is 30.8 Å². The largest absolute Gasteiger partial charge is 0.384 e. The van der Waals surface area contributed by atoms with E-state index in [4.69, 9.17) is 11.1 Å². The molecule has 9 nitrogen and oxygen atoms in total. The molecule has 1 aromatic heterocycles. The summed E-state index contributed by atoms with van der Waals surface area (Å²) in [5, 5.41) is 11.9. The number of rotatable bonds is 5. The molecule has 0 fully saturated rings. The van der Waals surface area contributed by atoms with E-state index in [1.54, 1.807) is 0 Å². The molecular weight excluding hydrogens is 270 g/mol.